The smallest absolute Gasteiger partial charge is 0.249 e. The Labute approximate surface area is 108 Å². The number of nitrogens with one attached hydrogen (secondary N) is 1. The molecule has 1 saturated heterocycles. The number of amides is 1. The highest BCUT2D eigenvalue weighted by atomic mass is 16.1. The van der Waals surface area contributed by atoms with Crippen molar-refractivity contribution >= 4 is 11.6 Å². The number of rotatable bonds is 2. The molecule has 18 heavy (non-hydrogen) atoms. The minimum atomic E-state index is -0.359. The lowest BCUT2D eigenvalue weighted by Crippen LogP contribution is -2.58. The molecule has 0 atom stereocenters. The summed E-state index contributed by atoms with van der Waals surface area (Å²) in [6.45, 7) is 9.21. The van der Waals surface area contributed by atoms with Gasteiger partial charge in [0.25, 0.3) is 0 Å². The molecule has 98 valence electrons. The van der Waals surface area contributed by atoms with Crippen LogP contribution in [0.1, 0.15) is 29.8 Å². The van der Waals surface area contributed by atoms with Gasteiger partial charge in [0.15, 0.2) is 0 Å². The Morgan fingerprint density at radius 1 is 1.44 bits per heavy atom. The van der Waals surface area contributed by atoms with Crippen LogP contribution in [0.3, 0.4) is 0 Å². The highest BCUT2D eigenvalue weighted by Gasteiger charge is 2.30. The Balaban J connectivity index is 2.44. The number of nitrogens with zero attached hydrogens (tertiary/aromatic N) is 1. The fourth-order valence-corrected chi connectivity index (χ4v) is 2.61. The average molecular weight is 247 g/mol. The van der Waals surface area contributed by atoms with Gasteiger partial charge in [0, 0.05) is 36.4 Å². The number of hydrogen-bond donors (Lipinski definition) is 2. The second-order valence-electron chi connectivity index (χ2n) is 5.45. The molecule has 2 rings (SSSR count). The van der Waals surface area contributed by atoms with Gasteiger partial charge in [-0.15, -0.1) is 0 Å². The van der Waals surface area contributed by atoms with Crippen LogP contribution in [0, 0.1) is 6.92 Å². The van der Waals surface area contributed by atoms with Crippen molar-refractivity contribution in [2.75, 3.05) is 24.5 Å². The van der Waals surface area contributed by atoms with Crippen LogP contribution in [0.15, 0.2) is 18.2 Å². The molecule has 0 saturated carbocycles. The zero-order valence-corrected chi connectivity index (χ0v) is 11.3. The Morgan fingerprint density at radius 3 is 2.78 bits per heavy atom. The quantitative estimate of drug-likeness (QED) is 0.827. The summed E-state index contributed by atoms with van der Waals surface area (Å²) in [6.07, 6.45) is 0. The van der Waals surface area contributed by atoms with Crippen LogP contribution in [0.4, 0.5) is 5.69 Å². The second-order valence-corrected chi connectivity index (χ2v) is 5.45. The van der Waals surface area contributed by atoms with E-state index in [0.717, 1.165) is 30.9 Å². The van der Waals surface area contributed by atoms with E-state index in [1.165, 1.54) is 0 Å². The van der Waals surface area contributed by atoms with Gasteiger partial charge in [-0.2, -0.15) is 0 Å². The summed E-state index contributed by atoms with van der Waals surface area (Å²) in [6, 6.07) is 5.76. The van der Waals surface area contributed by atoms with E-state index in [1.807, 2.05) is 13.0 Å². The van der Waals surface area contributed by atoms with Gasteiger partial charge in [0.1, 0.15) is 0 Å². The van der Waals surface area contributed by atoms with Crippen molar-refractivity contribution in [2.24, 2.45) is 5.73 Å². The van der Waals surface area contributed by atoms with Crippen LogP contribution in [0.25, 0.3) is 0 Å². The molecular formula is C14H21N3O. The summed E-state index contributed by atoms with van der Waals surface area (Å²) >= 11 is 0. The third-order valence-electron chi connectivity index (χ3n) is 3.66. The molecular weight excluding hydrogens is 226 g/mol. The normalized spacial score (nSPS) is 18.7. The summed E-state index contributed by atoms with van der Waals surface area (Å²) < 4.78 is 0. The van der Waals surface area contributed by atoms with Crippen molar-refractivity contribution in [3.63, 3.8) is 0 Å². The van der Waals surface area contributed by atoms with Gasteiger partial charge >= 0.3 is 0 Å². The van der Waals surface area contributed by atoms with Crippen molar-refractivity contribution in [2.45, 2.75) is 26.3 Å². The van der Waals surface area contributed by atoms with Gasteiger partial charge in [-0.1, -0.05) is 6.07 Å². The summed E-state index contributed by atoms with van der Waals surface area (Å²) in [7, 11) is 0. The highest BCUT2D eigenvalue weighted by Crippen LogP contribution is 2.29. The predicted octanol–water partition coefficient (Wildman–Crippen LogP) is 1.28. The first kappa shape index (κ1) is 12.9. The maximum Gasteiger partial charge on any atom is 0.249 e. The average Bonchev–Trinajstić information content (AvgIpc) is 2.29. The fourth-order valence-electron chi connectivity index (χ4n) is 2.61. The molecule has 1 aliphatic heterocycles. The largest absolute Gasteiger partial charge is 0.366 e. The predicted molar refractivity (Wildman–Crippen MR) is 74.0 cm³/mol. The summed E-state index contributed by atoms with van der Waals surface area (Å²) in [5.41, 5.74) is 8.15. The molecule has 1 aliphatic rings. The first-order valence-electron chi connectivity index (χ1n) is 6.31. The molecule has 0 unspecified atom stereocenters. The lowest BCUT2D eigenvalue weighted by molar-refractivity contribution is 0.0999. The van der Waals surface area contributed by atoms with Crippen LogP contribution >= 0.6 is 0 Å². The van der Waals surface area contributed by atoms with Crippen LogP contribution in [0.5, 0.6) is 0 Å². The number of nitrogens with two attached hydrogens (primary N) is 1. The third-order valence-corrected chi connectivity index (χ3v) is 3.66. The monoisotopic (exact) mass is 247 g/mol. The molecule has 1 heterocycles. The van der Waals surface area contributed by atoms with E-state index in [0.29, 0.717) is 5.56 Å². The lowest BCUT2D eigenvalue weighted by Gasteiger charge is -2.45. The number of carbonyl (C=O) groups is 1. The first-order valence-corrected chi connectivity index (χ1v) is 6.31. The van der Waals surface area contributed by atoms with E-state index in [9.17, 15) is 4.79 Å². The number of primary amides is 1. The van der Waals surface area contributed by atoms with E-state index in [4.69, 9.17) is 5.73 Å². The van der Waals surface area contributed by atoms with E-state index in [1.54, 1.807) is 6.07 Å². The van der Waals surface area contributed by atoms with Gasteiger partial charge in [0.2, 0.25) is 5.91 Å². The zero-order valence-electron chi connectivity index (χ0n) is 11.3. The standard InChI is InChI=1S/C14H21N3O/c1-10-11(13(15)18)5-4-6-12(10)17-8-7-16-9-14(17,2)3/h4-6,16H,7-9H2,1-3H3,(H2,15,18). The Bertz CT molecular complexity index is 468. The topological polar surface area (TPSA) is 58.4 Å². The van der Waals surface area contributed by atoms with Crippen molar-refractivity contribution < 1.29 is 4.79 Å². The number of anilines is 1. The molecule has 0 bridgehead atoms. The molecule has 0 aromatic heterocycles. The maximum atomic E-state index is 11.4. The molecule has 1 fully saturated rings. The summed E-state index contributed by atoms with van der Waals surface area (Å²) in [5, 5.41) is 3.40. The van der Waals surface area contributed by atoms with Crippen molar-refractivity contribution in [1.82, 2.24) is 5.32 Å². The Kier molecular flexibility index (Phi) is 3.30. The molecule has 1 aromatic rings. The molecule has 3 N–H and O–H groups in total. The van der Waals surface area contributed by atoms with E-state index >= 15 is 0 Å². The number of benzene rings is 1. The first-order chi connectivity index (χ1) is 8.43. The molecule has 0 aliphatic carbocycles. The van der Waals surface area contributed by atoms with Gasteiger partial charge in [-0.25, -0.2) is 0 Å². The van der Waals surface area contributed by atoms with Gasteiger partial charge in [-0.3, -0.25) is 4.79 Å². The van der Waals surface area contributed by atoms with Crippen LogP contribution < -0.4 is 16.0 Å². The third kappa shape index (κ3) is 2.20. The summed E-state index contributed by atoms with van der Waals surface area (Å²) in [5.74, 6) is -0.359. The van der Waals surface area contributed by atoms with Crippen molar-refractivity contribution in [3.8, 4) is 0 Å². The molecule has 1 aromatic carbocycles. The van der Waals surface area contributed by atoms with Crippen LogP contribution in [-0.4, -0.2) is 31.1 Å². The Morgan fingerprint density at radius 2 is 2.17 bits per heavy atom. The van der Waals surface area contributed by atoms with Crippen molar-refractivity contribution in [1.29, 1.82) is 0 Å². The SMILES string of the molecule is Cc1c(C(N)=O)cccc1N1CCNCC1(C)C. The van der Waals surface area contributed by atoms with Crippen LogP contribution in [0.2, 0.25) is 0 Å². The zero-order chi connectivity index (χ0) is 13.3. The Hall–Kier alpha value is -1.55. The second kappa shape index (κ2) is 4.61. The molecule has 0 spiro atoms. The molecule has 4 heteroatoms. The summed E-state index contributed by atoms with van der Waals surface area (Å²) in [4.78, 5) is 13.8. The van der Waals surface area contributed by atoms with E-state index in [2.05, 4.69) is 30.1 Å². The minimum Gasteiger partial charge on any atom is -0.366 e. The maximum absolute atomic E-state index is 11.4. The van der Waals surface area contributed by atoms with Crippen LogP contribution in [-0.2, 0) is 0 Å². The molecule has 1 amide bonds. The lowest BCUT2D eigenvalue weighted by atomic mass is 9.96. The van der Waals surface area contributed by atoms with E-state index in [-0.39, 0.29) is 11.4 Å². The van der Waals surface area contributed by atoms with E-state index < -0.39 is 0 Å². The van der Waals surface area contributed by atoms with Gasteiger partial charge < -0.3 is 16.0 Å². The van der Waals surface area contributed by atoms with Gasteiger partial charge in [0.05, 0.1) is 0 Å². The highest BCUT2D eigenvalue weighted by molar-refractivity contribution is 5.95. The fraction of sp³-hybridized carbons (Fsp3) is 0.500. The number of piperazine rings is 1. The number of hydrogen-bond acceptors (Lipinski definition) is 3. The minimum absolute atomic E-state index is 0.0410. The molecule has 0 radical (unpaired) electrons. The molecule has 4 nitrogen and oxygen atoms in total. The van der Waals surface area contributed by atoms with Gasteiger partial charge in [-0.05, 0) is 38.5 Å². The number of carbonyl (C=O) groups excluding carboxylic acids is 1. The van der Waals surface area contributed by atoms with Crippen molar-refractivity contribution in [3.05, 3.63) is 29.3 Å².